The van der Waals surface area contributed by atoms with Crippen molar-refractivity contribution in [2.24, 2.45) is 5.73 Å². The number of phenolic OH excluding ortho intramolecular Hbond substituents is 1. The number of halogens is 3. The quantitative estimate of drug-likeness (QED) is 0.675. The summed E-state index contributed by atoms with van der Waals surface area (Å²) in [5.74, 6) is 0.401. The van der Waals surface area contributed by atoms with Crippen molar-refractivity contribution in [3.8, 4) is 5.75 Å². The van der Waals surface area contributed by atoms with Gasteiger partial charge in [-0.25, -0.2) is 0 Å². The number of phenols is 1. The van der Waals surface area contributed by atoms with Crippen LogP contribution in [0.25, 0.3) is 0 Å². The van der Waals surface area contributed by atoms with Crippen LogP contribution in [0.2, 0.25) is 5.02 Å². The van der Waals surface area contributed by atoms with E-state index in [-0.39, 0.29) is 29.8 Å². The lowest BCUT2D eigenvalue weighted by molar-refractivity contribution is -0.117. The highest BCUT2D eigenvalue weighted by Crippen LogP contribution is 2.35. The van der Waals surface area contributed by atoms with Gasteiger partial charge in [0.15, 0.2) is 5.75 Å². The summed E-state index contributed by atoms with van der Waals surface area (Å²) in [7, 11) is 0. The molecular formula is C11H15BrCl2N2O2S. The molecule has 0 aliphatic heterocycles. The SMILES string of the molecule is CSCCC(N)C(=O)Nc1cc(Cl)cc(Br)c1O.Cl. The highest BCUT2D eigenvalue weighted by atomic mass is 79.9. The van der Waals surface area contributed by atoms with E-state index >= 15 is 0 Å². The minimum Gasteiger partial charge on any atom is -0.505 e. The first-order valence-corrected chi connectivity index (χ1v) is 7.75. The van der Waals surface area contributed by atoms with E-state index in [0.29, 0.717) is 15.9 Å². The second kappa shape index (κ2) is 8.92. The van der Waals surface area contributed by atoms with E-state index in [1.165, 1.54) is 6.07 Å². The van der Waals surface area contributed by atoms with Gasteiger partial charge in [0.2, 0.25) is 5.91 Å². The number of hydrogen-bond donors (Lipinski definition) is 3. The predicted molar refractivity (Wildman–Crippen MR) is 87.7 cm³/mol. The van der Waals surface area contributed by atoms with E-state index in [1.807, 2.05) is 6.26 Å². The van der Waals surface area contributed by atoms with Gasteiger partial charge in [0.1, 0.15) is 0 Å². The van der Waals surface area contributed by atoms with Gasteiger partial charge in [0.05, 0.1) is 16.2 Å². The van der Waals surface area contributed by atoms with Gasteiger partial charge in [0.25, 0.3) is 0 Å². The molecule has 0 aliphatic carbocycles. The van der Waals surface area contributed by atoms with Crippen molar-refractivity contribution < 1.29 is 9.90 Å². The Labute approximate surface area is 136 Å². The van der Waals surface area contributed by atoms with Crippen LogP contribution in [0.15, 0.2) is 16.6 Å². The average Bonchev–Trinajstić information content (AvgIpc) is 2.32. The lowest BCUT2D eigenvalue weighted by atomic mass is 10.2. The molecule has 0 aliphatic rings. The van der Waals surface area contributed by atoms with Crippen molar-refractivity contribution in [3.63, 3.8) is 0 Å². The van der Waals surface area contributed by atoms with Crippen LogP contribution in [0.1, 0.15) is 6.42 Å². The molecule has 0 radical (unpaired) electrons. The van der Waals surface area contributed by atoms with E-state index in [0.717, 1.165) is 5.75 Å². The monoisotopic (exact) mass is 388 g/mol. The van der Waals surface area contributed by atoms with Gasteiger partial charge in [-0.3, -0.25) is 4.79 Å². The van der Waals surface area contributed by atoms with Gasteiger partial charge in [-0.05, 0) is 46.5 Å². The fourth-order valence-corrected chi connectivity index (χ4v) is 2.56. The molecule has 0 bridgehead atoms. The van der Waals surface area contributed by atoms with Gasteiger partial charge in [-0.15, -0.1) is 12.4 Å². The van der Waals surface area contributed by atoms with E-state index in [2.05, 4.69) is 21.2 Å². The predicted octanol–water partition coefficient (Wildman–Crippen LogP) is 3.25. The van der Waals surface area contributed by atoms with E-state index < -0.39 is 6.04 Å². The van der Waals surface area contributed by atoms with Gasteiger partial charge < -0.3 is 16.2 Å². The molecule has 0 fully saturated rings. The van der Waals surface area contributed by atoms with Gasteiger partial charge in [-0.1, -0.05) is 11.6 Å². The minimum absolute atomic E-state index is 0. The number of carbonyl (C=O) groups excluding carboxylic acids is 1. The zero-order chi connectivity index (χ0) is 13.7. The first-order valence-electron chi connectivity index (χ1n) is 5.19. The lowest BCUT2D eigenvalue weighted by Crippen LogP contribution is -2.36. The van der Waals surface area contributed by atoms with Crippen molar-refractivity contribution in [1.82, 2.24) is 0 Å². The highest BCUT2D eigenvalue weighted by molar-refractivity contribution is 9.10. The molecule has 1 atom stereocenters. The summed E-state index contributed by atoms with van der Waals surface area (Å²) in [6.07, 6.45) is 2.53. The number of anilines is 1. The van der Waals surface area contributed by atoms with Crippen LogP contribution in [0, 0.1) is 0 Å². The molecule has 0 saturated carbocycles. The van der Waals surface area contributed by atoms with Crippen LogP contribution in [-0.2, 0) is 4.79 Å². The topological polar surface area (TPSA) is 75.4 Å². The molecule has 108 valence electrons. The van der Waals surface area contributed by atoms with Crippen LogP contribution in [0.4, 0.5) is 5.69 Å². The Hall–Kier alpha value is -0.140. The molecule has 1 amide bonds. The third kappa shape index (κ3) is 5.79. The van der Waals surface area contributed by atoms with E-state index in [9.17, 15) is 9.90 Å². The van der Waals surface area contributed by atoms with Gasteiger partial charge in [0, 0.05) is 5.02 Å². The summed E-state index contributed by atoms with van der Waals surface area (Å²) in [6, 6.07) is 2.41. The summed E-state index contributed by atoms with van der Waals surface area (Å²) >= 11 is 10.6. The number of hydrogen-bond acceptors (Lipinski definition) is 4. The highest BCUT2D eigenvalue weighted by Gasteiger charge is 2.16. The second-order valence-corrected chi connectivity index (χ2v) is 5.94. The molecule has 4 nitrogen and oxygen atoms in total. The molecule has 0 aromatic heterocycles. The molecular weight excluding hydrogens is 375 g/mol. The average molecular weight is 390 g/mol. The third-order valence-electron chi connectivity index (χ3n) is 2.26. The molecule has 1 rings (SSSR count). The summed E-state index contributed by atoms with van der Waals surface area (Å²) in [5, 5.41) is 12.7. The number of carbonyl (C=O) groups is 1. The fourth-order valence-electron chi connectivity index (χ4n) is 1.26. The Bertz CT molecular complexity index is 449. The summed E-state index contributed by atoms with van der Waals surface area (Å²) < 4.78 is 0.419. The van der Waals surface area contributed by atoms with Gasteiger partial charge in [-0.2, -0.15) is 11.8 Å². The van der Waals surface area contributed by atoms with Crippen molar-refractivity contribution in [2.45, 2.75) is 12.5 Å². The lowest BCUT2D eigenvalue weighted by Gasteiger charge is -2.13. The molecule has 4 N–H and O–H groups in total. The largest absolute Gasteiger partial charge is 0.505 e. The normalized spacial score (nSPS) is 11.6. The number of aromatic hydroxyl groups is 1. The number of amides is 1. The van der Waals surface area contributed by atoms with Crippen LogP contribution in [-0.4, -0.2) is 29.1 Å². The zero-order valence-electron chi connectivity index (χ0n) is 10.2. The molecule has 0 heterocycles. The first kappa shape index (κ1) is 18.9. The summed E-state index contributed by atoms with van der Waals surface area (Å²) in [4.78, 5) is 11.8. The van der Waals surface area contributed by atoms with Gasteiger partial charge >= 0.3 is 0 Å². The van der Waals surface area contributed by atoms with Crippen molar-refractivity contribution in [1.29, 1.82) is 0 Å². The van der Waals surface area contributed by atoms with Crippen LogP contribution < -0.4 is 11.1 Å². The Kier molecular flexibility index (Phi) is 8.85. The zero-order valence-corrected chi connectivity index (χ0v) is 14.1. The number of nitrogens with two attached hydrogens (primary N) is 1. The molecule has 1 aromatic rings. The molecule has 8 heteroatoms. The Balaban J connectivity index is 0.00000324. The number of benzene rings is 1. The Morgan fingerprint density at radius 2 is 2.26 bits per heavy atom. The van der Waals surface area contributed by atoms with Crippen LogP contribution in [0.5, 0.6) is 5.75 Å². The maximum absolute atomic E-state index is 11.8. The first-order chi connectivity index (χ1) is 8.45. The molecule has 19 heavy (non-hydrogen) atoms. The van der Waals surface area contributed by atoms with Crippen LogP contribution in [0.3, 0.4) is 0 Å². The third-order valence-corrected chi connectivity index (χ3v) is 3.72. The van der Waals surface area contributed by atoms with E-state index in [1.54, 1.807) is 17.8 Å². The standard InChI is InChI=1S/C11H14BrClN2O2S.ClH/c1-18-3-2-8(14)11(17)15-9-5-6(13)4-7(12)10(9)16;/h4-5,8,16H,2-3,14H2,1H3,(H,15,17);1H. The number of nitrogens with one attached hydrogen (secondary N) is 1. The summed E-state index contributed by atoms with van der Waals surface area (Å²) in [6.45, 7) is 0. The Morgan fingerprint density at radius 3 is 2.84 bits per heavy atom. The van der Waals surface area contributed by atoms with Crippen molar-refractivity contribution >= 4 is 63.3 Å². The number of thioether (sulfide) groups is 1. The Morgan fingerprint density at radius 1 is 1.63 bits per heavy atom. The maximum atomic E-state index is 11.8. The summed E-state index contributed by atoms with van der Waals surface area (Å²) in [5.41, 5.74) is 5.97. The molecule has 0 saturated heterocycles. The minimum atomic E-state index is -0.602. The second-order valence-electron chi connectivity index (χ2n) is 3.66. The van der Waals surface area contributed by atoms with Crippen molar-refractivity contribution in [3.05, 3.63) is 21.6 Å². The smallest absolute Gasteiger partial charge is 0.241 e. The van der Waals surface area contributed by atoms with Crippen LogP contribution >= 0.6 is 51.7 Å². The molecule has 1 aromatic carbocycles. The van der Waals surface area contributed by atoms with Crippen molar-refractivity contribution in [2.75, 3.05) is 17.3 Å². The molecule has 1 unspecified atom stereocenters. The fraction of sp³-hybridized carbons (Fsp3) is 0.364. The molecule has 0 spiro atoms. The maximum Gasteiger partial charge on any atom is 0.241 e. The number of rotatable bonds is 5. The van der Waals surface area contributed by atoms with E-state index in [4.69, 9.17) is 17.3 Å².